The smallest absolute Gasteiger partial charge is 0.248 e. The lowest BCUT2D eigenvalue weighted by molar-refractivity contribution is 0.631. The average molecular weight is 692 g/mol. The normalized spacial score (nSPS) is 11.4. The van der Waals surface area contributed by atoms with E-state index in [0.29, 0.717) is 0 Å². The van der Waals surface area contributed by atoms with E-state index in [9.17, 15) is 0 Å². The molecule has 7 aromatic rings. The van der Waals surface area contributed by atoms with Crippen LogP contribution in [-0.4, -0.2) is 18.4 Å². The fourth-order valence-electron chi connectivity index (χ4n) is 9.75. The SMILES string of the molecule is Cc1cc(C)c(B(c2ccc(-c3oc4ccccc4c3B(c3c(C)cc(C)cc3C)c3c(C)cc(C)cc3C)nc2)c2c(C)cc(C)cc2C)c(C)c1. The van der Waals surface area contributed by atoms with Crippen molar-refractivity contribution in [2.24, 2.45) is 0 Å². The van der Waals surface area contributed by atoms with E-state index in [1.807, 2.05) is 0 Å². The van der Waals surface area contributed by atoms with Crippen molar-refractivity contribution >= 4 is 57.2 Å². The van der Waals surface area contributed by atoms with Gasteiger partial charge in [-0.3, -0.25) is 4.98 Å². The van der Waals surface area contributed by atoms with Gasteiger partial charge in [0.25, 0.3) is 0 Å². The maximum absolute atomic E-state index is 6.93. The topological polar surface area (TPSA) is 26.0 Å². The Morgan fingerprint density at radius 2 is 0.792 bits per heavy atom. The molecule has 0 saturated heterocycles. The zero-order valence-corrected chi connectivity index (χ0v) is 33.7. The summed E-state index contributed by atoms with van der Waals surface area (Å²) in [4.78, 5) is 5.32. The highest BCUT2D eigenvalue weighted by atomic mass is 16.3. The number of nitrogens with zero attached hydrogens (tertiary/aromatic N) is 1. The third-order valence-electron chi connectivity index (χ3n) is 11.4. The zero-order valence-electron chi connectivity index (χ0n) is 33.7. The number of benzene rings is 5. The van der Waals surface area contributed by atoms with Crippen molar-refractivity contribution in [3.63, 3.8) is 0 Å². The molecule has 0 aliphatic rings. The molecule has 2 aromatic heterocycles. The molecule has 7 rings (SSSR count). The van der Waals surface area contributed by atoms with Crippen LogP contribution in [-0.2, 0) is 0 Å². The maximum Gasteiger partial charge on any atom is 0.248 e. The Morgan fingerprint density at radius 1 is 0.415 bits per heavy atom. The highest BCUT2D eigenvalue weighted by molar-refractivity contribution is 6.99. The van der Waals surface area contributed by atoms with Gasteiger partial charge in [0, 0.05) is 11.6 Å². The number of furan rings is 1. The minimum atomic E-state index is -0.0419. The number of pyridine rings is 1. The van der Waals surface area contributed by atoms with Crippen LogP contribution in [0.2, 0.25) is 0 Å². The zero-order chi connectivity index (χ0) is 37.9. The number of aryl methyl sites for hydroxylation is 12. The van der Waals surface area contributed by atoms with E-state index in [4.69, 9.17) is 9.40 Å². The first kappa shape index (κ1) is 36.3. The quantitative estimate of drug-likeness (QED) is 0.158. The Morgan fingerprint density at radius 3 is 1.17 bits per heavy atom. The van der Waals surface area contributed by atoms with Gasteiger partial charge in [-0.25, -0.2) is 0 Å². The van der Waals surface area contributed by atoms with Crippen molar-refractivity contribution in [2.75, 3.05) is 0 Å². The molecule has 264 valence electrons. The third kappa shape index (κ3) is 6.58. The summed E-state index contributed by atoms with van der Waals surface area (Å²) in [6.07, 6.45) is 2.11. The second-order valence-electron chi connectivity index (χ2n) is 15.9. The molecule has 53 heavy (non-hydrogen) atoms. The van der Waals surface area contributed by atoms with Crippen molar-refractivity contribution in [1.82, 2.24) is 4.98 Å². The van der Waals surface area contributed by atoms with Crippen LogP contribution < -0.4 is 32.8 Å². The van der Waals surface area contributed by atoms with Gasteiger partial charge < -0.3 is 4.42 Å². The van der Waals surface area contributed by atoms with Crippen molar-refractivity contribution in [3.05, 3.63) is 158 Å². The summed E-state index contributed by atoms with van der Waals surface area (Å²) in [5, 5.41) is 1.13. The number of aromatic nitrogens is 1. The monoisotopic (exact) mass is 691 g/mol. The number of hydrogen-bond donors (Lipinski definition) is 0. The van der Waals surface area contributed by atoms with Crippen LogP contribution in [0, 0.1) is 83.1 Å². The fourth-order valence-corrected chi connectivity index (χ4v) is 9.75. The van der Waals surface area contributed by atoms with Gasteiger partial charge in [-0.1, -0.05) is 167 Å². The molecule has 0 spiro atoms. The molecule has 0 bridgehead atoms. The van der Waals surface area contributed by atoms with Gasteiger partial charge in [0.15, 0.2) is 0 Å². The first-order valence-electron chi connectivity index (χ1n) is 19.0. The van der Waals surface area contributed by atoms with Crippen LogP contribution in [0.25, 0.3) is 22.4 Å². The lowest BCUT2D eigenvalue weighted by Gasteiger charge is -2.25. The predicted molar refractivity (Wildman–Crippen MR) is 231 cm³/mol. The van der Waals surface area contributed by atoms with Gasteiger partial charge in [0.2, 0.25) is 13.4 Å². The molecule has 0 saturated carbocycles. The second kappa shape index (κ2) is 14.0. The number of rotatable bonds is 7. The lowest BCUT2D eigenvalue weighted by atomic mass is 9.33. The Kier molecular flexibility index (Phi) is 9.62. The van der Waals surface area contributed by atoms with Gasteiger partial charge in [-0.15, -0.1) is 0 Å². The summed E-state index contributed by atoms with van der Waals surface area (Å²) in [6, 6.07) is 31.6. The van der Waals surface area contributed by atoms with Crippen molar-refractivity contribution in [1.29, 1.82) is 0 Å². The largest absolute Gasteiger partial charge is 0.455 e. The highest BCUT2D eigenvalue weighted by Gasteiger charge is 2.35. The molecule has 2 heterocycles. The summed E-state index contributed by atoms with van der Waals surface area (Å²) in [5.41, 5.74) is 25.1. The second-order valence-corrected chi connectivity index (χ2v) is 15.9. The van der Waals surface area contributed by atoms with Crippen molar-refractivity contribution < 1.29 is 4.42 Å². The van der Waals surface area contributed by atoms with Gasteiger partial charge in [0.1, 0.15) is 17.0 Å². The molecule has 2 nitrogen and oxygen atoms in total. The first-order valence-corrected chi connectivity index (χ1v) is 19.0. The highest BCUT2D eigenvalue weighted by Crippen LogP contribution is 2.27. The van der Waals surface area contributed by atoms with E-state index in [2.05, 4.69) is 174 Å². The van der Waals surface area contributed by atoms with Crippen LogP contribution in [0.1, 0.15) is 66.8 Å². The minimum absolute atomic E-state index is 0.0419. The Balaban J connectivity index is 1.49. The molecule has 0 fully saturated rings. The summed E-state index contributed by atoms with van der Waals surface area (Å²) >= 11 is 0. The number of hydrogen-bond acceptors (Lipinski definition) is 2. The Bertz CT molecular complexity index is 2330. The van der Waals surface area contributed by atoms with Crippen LogP contribution >= 0.6 is 0 Å². The molecular formula is C49H51B2NO. The number of fused-ring (bicyclic) bond motifs is 1. The molecule has 4 heteroatoms. The van der Waals surface area contributed by atoms with Crippen LogP contribution in [0.3, 0.4) is 0 Å². The van der Waals surface area contributed by atoms with Crippen LogP contribution in [0.4, 0.5) is 0 Å². The molecule has 0 N–H and O–H groups in total. The molecule has 0 radical (unpaired) electrons. The predicted octanol–water partition coefficient (Wildman–Crippen LogP) is 8.23. The molecule has 0 atom stereocenters. The van der Waals surface area contributed by atoms with Crippen LogP contribution in [0.5, 0.6) is 0 Å². The van der Waals surface area contributed by atoms with Gasteiger partial charge >= 0.3 is 0 Å². The standard InChI is InChI=1S/C49H51B2NO/c1-28-19-32(5)44(33(6)20-28)50(45-34(7)21-29(2)22-35(45)8)40-17-18-42(52-27-40)49-48(41-15-13-14-16-43(41)53-49)51(46-36(9)23-30(3)24-37(46)10)47-38(11)25-31(4)26-39(47)12/h13-27H,1-12H3. The number of para-hydroxylation sites is 1. The first-order chi connectivity index (χ1) is 25.2. The van der Waals surface area contributed by atoms with E-state index in [1.165, 1.54) is 99.5 Å². The summed E-state index contributed by atoms with van der Waals surface area (Å²) in [6.45, 7) is 26.9. The van der Waals surface area contributed by atoms with Crippen LogP contribution in [0.15, 0.2) is 95.5 Å². The van der Waals surface area contributed by atoms with Crippen molar-refractivity contribution in [3.8, 4) is 11.5 Å². The van der Waals surface area contributed by atoms with E-state index in [-0.39, 0.29) is 13.4 Å². The average Bonchev–Trinajstić information content (AvgIpc) is 3.44. The van der Waals surface area contributed by atoms with Crippen molar-refractivity contribution in [2.45, 2.75) is 83.1 Å². The third-order valence-corrected chi connectivity index (χ3v) is 11.4. The maximum atomic E-state index is 6.93. The van der Waals surface area contributed by atoms with Gasteiger partial charge in [0.05, 0.1) is 0 Å². The molecule has 0 aliphatic carbocycles. The Labute approximate surface area is 317 Å². The molecule has 0 amide bonds. The Hall–Kier alpha value is -5.08. The molecule has 5 aromatic carbocycles. The van der Waals surface area contributed by atoms with E-state index >= 15 is 0 Å². The van der Waals surface area contributed by atoms with Gasteiger partial charge in [-0.2, -0.15) is 0 Å². The fraction of sp³-hybridized carbons (Fsp3) is 0.245. The molecule has 0 unspecified atom stereocenters. The van der Waals surface area contributed by atoms with Gasteiger partial charge in [-0.05, 0) is 101 Å². The molecular weight excluding hydrogens is 640 g/mol. The summed E-state index contributed by atoms with van der Waals surface area (Å²) in [7, 11) is 0. The molecule has 0 aliphatic heterocycles. The van der Waals surface area contributed by atoms with E-state index in [1.54, 1.807) is 0 Å². The van der Waals surface area contributed by atoms with E-state index in [0.717, 1.165) is 22.4 Å². The lowest BCUT2D eigenvalue weighted by Crippen LogP contribution is -2.56. The van der Waals surface area contributed by atoms with E-state index < -0.39 is 0 Å². The summed E-state index contributed by atoms with van der Waals surface area (Å²) in [5.74, 6) is 0.837. The minimum Gasteiger partial charge on any atom is -0.455 e. The summed E-state index contributed by atoms with van der Waals surface area (Å²) < 4.78 is 6.93.